The summed E-state index contributed by atoms with van der Waals surface area (Å²) in [6.45, 7) is 3.86. The van der Waals surface area contributed by atoms with Crippen molar-refractivity contribution in [2.45, 2.75) is 89.5 Å². The number of benzene rings is 4. The fourth-order valence-corrected chi connectivity index (χ4v) is 10.3. The van der Waals surface area contributed by atoms with Crippen LogP contribution in [0.3, 0.4) is 0 Å². The van der Waals surface area contributed by atoms with Crippen LogP contribution in [0.15, 0.2) is 48.5 Å². The van der Waals surface area contributed by atoms with Crippen molar-refractivity contribution in [3.8, 4) is 57.5 Å². The zero-order valence-electron chi connectivity index (χ0n) is 47.1. The van der Waals surface area contributed by atoms with Gasteiger partial charge >= 0.3 is 23.9 Å². The van der Waals surface area contributed by atoms with Crippen molar-refractivity contribution in [3.63, 3.8) is 0 Å². The molecule has 20 nitrogen and oxygen atoms in total. The maximum Gasteiger partial charge on any atom is 0.348 e. The van der Waals surface area contributed by atoms with Crippen LogP contribution >= 0.6 is 0 Å². The molecule has 0 spiro atoms. The molecule has 4 atom stereocenters. The molecule has 2 heterocycles. The summed E-state index contributed by atoms with van der Waals surface area (Å²) in [5.41, 5.74) is 5.78. The minimum Gasteiger partial charge on any atom is -0.493 e. The van der Waals surface area contributed by atoms with E-state index in [9.17, 15) is 19.2 Å². The average molecular weight is 1090 g/mol. The average Bonchev–Trinajstić information content (AvgIpc) is 3.57. The molecule has 426 valence electrons. The highest BCUT2D eigenvalue weighted by Crippen LogP contribution is 2.45. The highest BCUT2D eigenvalue weighted by atomic mass is 16.6. The SMILES string of the molecule is COc1cc2c(cc1OC)C(Cc1cc(OC)c(OC)c(OC)c1)N(CC(OC(C)=O)C(=O)OCCCCCCOC(=O)C(CN1CCc3cc(OC)c(OC)cc3C1Cc1cc(OC)c(OC)c(OC)c1)OC(C)=O)CC2. The Bertz CT molecular complexity index is 2460. The molecule has 0 saturated heterocycles. The van der Waals surface area contributed by atoms with E-state index in [-0.39, 0.29) is 38.4 Å². The Hall–Kier alpha value is -7.32. The summed E-state index contributed by atoms with van der Waals surface area (Å²) in [6.07, 6.45) is 2.04. The molecular weight excluding hydrogens is 1010 g/mol. The van der Waals surface area contributed by atoms with Crippen molar-refractivity contribution in [2.24, 2.45) is 0 Å². The number of methoxy groups -OCH3 is 10. The second-order valence-electron chi connectivity index (χ2n) is 18.8. The third-order valence-corrected chi connectivity index (χ3v) is 14.0. The number of nitrogens with zero attached hydrogens (tertiary/aromatic N) is 2. The van der Waals surface area contributed by atoms with Crippen LogP contribution < -0.4 is 47.4 Å². The van der Waals surface area contributed by atoms with Crippen molar-refractivity contribution in [1.29, 1.82) is 0 Å². The molecule has 2 aliphatic heterocycles. The van der Waals surface area contributed by atoms with Gasteiger partial charge in [0.05, 0.1) is 84.3 Å². The van der Waals surface area contributed by atoms with Gasteiger partial charge in [-0.25, -0.2) is 9.59 Å². The molecule has 0 aromatic heterocycles. The third kappa shape index (κ3) is 14.8. The third-order valence-electron chi connectivity index (χ3n) is 14.0. The molecule has 0 N–H and O–H groups in total. The van der Waals surface area contributed by atoms with Crippen LogP contribution in [0.5, 0.6) is 57.5 Å². The fraction of sp³-hybridized carbons (Fsp3) is 0.517. The predicted octanol–water partition coefficient (Wildman–Crippen LogP) is 7.27. The van der Waals surface area contributed by atoms with Crippen molar-refractivity contribution in [2.75, 3.05) is 110 Å². The van der Waals surface area contributed by atoms with Gasteiger partial charge in [0.25, 0.3) is 0 Å². The standard InChI is InChI=1S/C58H76N2O18/c1-35(61)77-53(33-59-19-17-39-29-45(65-3)47(67-5)31-41(39)43(59)23-37-25-49(69-7)55(73-11)50(26-37)70-8)57(63)75-21-15-13-14-16-22-76-58(64)54(78-36(2)62)34-60-20-18-40-30-46(66-4)48(68-6)32-42(40)44(60)24-38-27-51(71-9)56(74-12)52(28-38)72-10/h25-32,43-44,53-54H,13-24,33-34H2,1-12H3. The van der Waals surface area contributed by atoms with Gasteiger partial charge in [-0.1, -0.05) is 0 Å². The number of ether oxygens (including phenoxy) is 14. The lowest BCUT2D eigenvalue weighted by Gasteiger charge is -2.39. The van der Waals surface area contributed by atoms with Gasteiger partial charge in [-0.15, -0.1) is 0 Å². The topological polar surface area (TPSA) is 204 Å². The van der Waals surface area contributed by atoms with Crippen LogP contribution in [-0.2, 0) is 63.8 Å². The summed E-state index contributed by atoms with van der Waals surface area (Å²) in [7, 11) is 15.7. The van der Waals surface area contributed by atoms with E-state index >= 15 is 0 Å². The normalized spacial score (nSPS) is 15.7. The van der Waals surface area contributed by atoms with E-state index in [0.717, 1.165) is 33.4 Å². The number of carbonyl (C=O) groups is 4. The van der Waals surface area contributed by atoms with Crippen LogP contribution in [0.1, 0.15) is 85.0 Å². The molecule has 2 aliphatic rings. The number of carbonyl (C=O) groups excluding carboxylic acids is 4. The smallest absolute Gasteiger partial charge is 0.348 e. The molecule has 0 fully saturated rings. The first-order chi connectivity index (χ1) is 37.7. The van der Waals surface area contributed by atoms with Gasteiger partial charge < -0.3 is 66.3 Å². The summed E-state index contributed by atoms with van der Waals surface area (Å²) in [5, 5.41) is 0. The number of fused-ring (bicyclic) bond motifs is 2. The van der Waals surface area contributed by atoms with E-state index in [0.29, 0.717) is 122 Å². The molecule has 4 unspecified atom stereocenters. The number of esters is 4. The molecule has 20 heteroatoms. The Kier molecular flexibility index (Phi) is 22.2. The van der Waals surface area contributed by atoms with E-state index in [1.165, 1.54) is 13.8 Å². The lowest BCUT2D eigenvalue weighted by molar-refractivity contribution is -0.168. The summed E-state index contributed by atoms with van der Waals surface area (Å²) in [6, 6.07) is 14.8. The van der Waals surface area contributed by atoms with Crippen LogP contribution in [0, 0.1) is 0 Å². The molecular formula is C58H76N2O18. The molecule has 0 aliphatic carbocycles. The Morgan fingerprint density at radius 1 is 0.436 bits per heavy atom. The molecule has 0 saturated carbocycles. The van der Waals surface area contributed by atoms with E-state index in [1.54, 1.807) is 71.1 Å². The Morgan fingerprint density at radius 3 is 1.05 bits per heavy atom. The number of hydrogen-bond acceptors (Lipinski definition) is 20. The van der Waals surface area contributed by atoms with E-state index in [4.69, 9.17) is 66.3 Å². The second kappa shape index (κ2) is 28.9. The van der Waals surface area contributed by atoms with Gasteiger partial charge in [-0.05, 0) is 133 Å². The zero-order valence-corrected chi connectivity index (χ0v) is 47.1. The molecule has 0 radical (unpaired) electrons. The largest absolute Gasteiger partial charge is 0.493 e. The maximum absolute atomic E-state index is 13.7. The van der Waals surface area contributed by atoms with Gasteiger partial charge in [0.15, 0.2) is 46.0 Å². The lowest BCUT2D eigenvalue weighted by Crippen LogP contribution is -2.45. The predicted molar refractivity (Wildman–Crippen MR) is 286 cm³/mol. The first kappa shape index (κ1) is 59.9. The minimum absolute atomic E-state index is 0.0593. The van der Waals surface area contributed by atoms with E-state index in [1.807, 2.05) is 48.5 Å². The van der Waals surface area contributed by atoms with Gasteiger partial charge in [-0.2, -0.15) is 0 Å². The zero-order chi connectivity index (χ0) is 56.5. The summed E-state index contributed by atoms with van der Waals surface area (Å²) in [5.74, 6) is 2.65. The molecule has 4 aromatic carbocycles. The molecule has 6 rings (SSSR count). The highest BCUT2D eigenvalue weighted by Gasteiger charge is 2.37. The fourth-order valence-electron chi connectivity index (χ4n) is 10.3. The van der Waals surface area contributed by atoms with E-state index < -0.39 is 36.1 Å². The summed E-state index contributed by atoms with van der Waals surface area (Å²) >= 11 is 0. The van der Waals surface area contributed by atoms with Crippen molar-refractivity contribution in [3.05, 3.63) is 81.9 Å². The second-order valence-corrected chi connectivity index (χ2v) is 18.8. The number of hydrogen-bond donors (Lipinski definition) is 0. The van der Waals surface area contributed by atoms with Gasteiger partial charge in [0.2, 0.25) is 23.7 Å². The van der Waals surface area contributed by atoms with Crippen molar-refractivity contribution < 1.29 is 85.5 Å². The summed E-state index contributed by atoms with van der Waals surface area (Å²) < 4.78 is 79.3. The van der Waals surface area contributed by atoms with Gasteiger partial charge in [-0.3, -0.25) is 19.4 Å². The minimum atomic E-state index is -1.22. The van der Waals surface area contributed by atoms with Crippen LogP contribution in [-0.4, -0.2) is 156 Å². The molecule has 0 bridgehead atoms. The van der Waals surface area contributed by atoms with Crippen molar-refractivity contribution >= 4 is 23.9 Å². The Balaban J connectivity index is 1.07. The van der Waals surface area contributed by atoms with Crippen LogP contribution in [0.4, 0.5) is 0 Å². The van der Waals surface area contributed by atoms with Crippen LogP contribution in [0.2, 0.25) is 0 Å². The lowest BCUT2D eigenvalue weighted by atomic mass is 9.87. The first-order valence-corrected chi connectivity index (χ1v) is 25.9. The van der Waals surface area contributed by atoms with Gasteiger partial charge in [0, 0.05) is 52.1 Å². The van der Waals surface area contributed by atoms with Crippen molar-refractivity contribution in [1.82, 2.24) is 9.80 Å². The molecule has 4 aromatic rings. The number of rotatable bonds is 29. The first-order valence-electron chi connectivity index (χ1n) is 25.9. The van der Waals surface area contributed by atoms with E-state index in [2.05, 4.69) is 9.80 Å². The summed E-state index contributed by atoms with van der Waals surface area (Å²) in [4.78, 5) is 56.7. The molecule has 78 heavy (non-hydrogen) atoms. The Labute approximate surface area is 457 Å². The Morgan fingerprint density at radius 2 is 0.756 bits per heavy atom. The highest BCUT2D eigenvalue weighted by molar-refractivity contribution is 5.79. The maximum atomic E-state index is 13.7. The number of unbranched alkanes of at least 4 members (excludes halogenated alkanes) is 3. The monoisotopic (exact) mass is 1090 g/mol. The van der Waals surface area contributed by atoms with Gasteiger partial charge in [0.1, 0.15) is 0 Å². The quantitative estimate of drug-likeness (QED) is 0.0298. The van der Waals surface area contributed by atoms with Crippen LogP contribution in [0.25, 0.3) is 0 Å². The molecule has 0 amide bonds.